The molecule has 0 fully saturated rings. The van der Waals surface area contributed by atoms with Crippen LogP contribution in [0.25, 0.3) is 0 Å². The van der Waals surface area contributed by atoms with Gasteiger partial charge >= 0.3 is 0 Å². The molecular formula is C15H15Br2NO. The van der Waals surface area contributed by atoms with Crippen molar-refractivity contribution >= 4 is 31.9 Å². The van der Waals surface area contributed by atoms with Crippen molar-refractivity contribution < 1.29 is 5.11 Å². The number of rotatable bonds is 4. The molecule has 2 aromatic carbocycles. The largest absolute Gasteiger partial charge is 0.506 e. The molecule has 19 heavy (non-hydrogen) atoms. The van der Waals surface area contributed by atoms with E-state index in [0.29, 0.717) is 12.3 Å². The van der Waals surface area contributed by atoms with Gasteiger partial charge in [0.05, 0.1) is 4.47 Å². The molecule has 0 spiro atoms. The summed E-state index contributed by atoms with van der Waals surface area (Å²) >= 11 is 6.80. The fourth-order valence-electron chi connectivity index (χ4n) is 1.86. The molecule has 2 rings (SSSR count). The molecule has 2 N–H and O–H groups in total. The summed E-state index contributed by atoms with van der Waals surface area (Å²) in [5, 5.41) is 13.3. The molecule has 0 heterocycles. The molecule has 2 aromatic rings. The highest BCUT2D eigenvalue weighted by molar-refractivity contribution is 9.10. The van der Waals surface area contributed by atoms with Crippen LogP contribution < -0.4 is 5.32 Å². The Bertz CT molecular complexity index is 572. The number of benzene rings is 2. The van der Waals surface area contributed by atoms with Crippen LogP contribution in [-0.2, 0) is 6.54 Å². The maximum atomic E-state index is 9.93. The van der Waals surface area contributed by atoms with Crippen LogP contribution in [0, 0.1) is 0 Å². The monoisotopic (exact) mass is 383 g/mol. The highest BCUT2D eigenvalue weighted by atomic mass is 79.9. The first-order chi connectivity index (χ1) is 9.08. The van der Waals surface area contributed by atoms with Gasteiger partial charge in [-0.25, -0.2) is 0 Å². The number of hydrogen-bond donors (Lipinski definition) is 2. The molecule has 0 bridgehead atoms. The van der Waals surface area contributed by atoms with Gasteiger partial charge in [-0.2, -0.15) is 0 Å². The van der Waals surface area contributed by atoms with Crippen molar-refractivity contribution in [2.45, 2.75) is 19.5 Å². The lowest BCUT2D eigenvalue weighted by molar-refractivity contribution is 0.457. The summed E-state index contributed by atoms with van der Waals surface area (Å²) in [5.41, 5.74) is 2.10. The number of nitrogens with one attached hydrogen (secondary N) is 1. The standard InChI is InChI=1S/C15H15Br2NO/c1-10(11-4-2-6-13(16)8-11)18-9-12-5-3-7-14(17)15(12)19/h2-8,10,18-19H,9H2,1H3. The van der Waals surface area contributed by atoms with Gasteiger partial charge in [-0.1, -0.05) is 40.2 Å². The Balaban J connectivity index is 2.04. The predicted octanol–water partition coefficient (Wildman–Crippen LogP) is 4.77. The third-order valence-electron chi connectivity index (χ3n) is 3.02. The molecular weight excluding hydrogens is 370 g/mol. The van der Waals surface area contributed by atoms with E-state index in [2.05, 4.69) is 56.2 Å². The minimum absolute atomic E-state index is 0.218. The van der Waals surface area contributed by atoms with Gasteiger partial charge < -0.3 is 10.4 Å². The van der Waals surface area contributed by atoms with Crippen LogP contribution in [-0.4, -0.2) is 5.11 Å². The predicted molar refractivity (Wildman–Crippen MR) is 85.2 cm³/mol. The fourth-order valence-corrected chi connectivity index (χ4v) is 2.68. The van der Waals surface area contributed by atoms with Gasteiger partial charge in [0, 0.05) is 22.6 Å². The summed E-state index contributed by atoms with van der Waals surface area (Å²) in [6.07, 6.45) is 0. The zero-order valence-electron chi connectivity index (χ0n) is 10.5. The van der Waals surface area contributed by atoms with E-state index in [1.807, 2.05) is 30.3 Å². The molecule has 0 radical (unpaired) electrons. The molecule has 0 aliphatic carbocycles. The Labute approximate surface area is 130 Å². The molecule has 0 saturated heterocycles. The number of aromatic hydroxyl groups is 1. The van der Waals surface area contributed by atoms with Crippen LogP contribution >= 0.6 is 31.9 Å². The van der Waals surface area contributed by atoms with Gasteiger partial charge in [0.15, 0.2) is 0 Å². The minimum Gasteiger partial charge on any atom is -0.506 e. The molecule has 2 nitrogen and oxygen atoms in total. The lowest BCUT2D eigenvalue weighted by atomic mass is 10.1. The normalized spacial score (nSPS) is 12.4. The first-order valence-corrected chi connectivity index (χ1v) is 7.61. The average molecular weight is 385 g/mol. The smallest absolute Gasteiger partial charge is 0.134 e. The van der Waals surface area contributed by atoms with Crippen LogP contribution in [0.3, 0.4) is 0 Å². The van der Waals surface area contributed by atoms with Crippen molar-refractivity contribution in [2.75, 3.05) is 0 Å². The van der Waals surface area contributed by atoms with Crippen LogP contribution in [0.4, 0.5) is 0 Å². The second-order valence-corrected chi connectivity index (χ2v) is 6.18. The third-order valence-corrected chi connectivity index (χ3v) is 4.15. The van der Waals surface area contributed by atoms with E-state index in [-0.39, 0.29) is 6.04 Å². The number of phenolic OH excluding ortho intramolecular Hbond substituents is 1. The number of hydrogen-bond acceptors (Lipinski definition) is 2. The molecule has 0 aliphatic heterocycles. The molecule has 0 aliphatic rings. The number of para-hydroxylation sites is 1. The van der Waals surface area contributed by atoms with Gasteiger partial charge in [-0.05, 0) is 46.6 Å². The van der Waals surface area contributed by atoms with Gasteiger partial charge in [0.25, 0.3) is 0 Å². The Morgan fingerprint density at radius 2 is 1.89 bits per heavy atom. The van der Waals surface area contributed by atoms with Gasteiger partial charge in [-0.3, -0.25) is 0 Å². The van der Waals surface area contributed by atoms with Crippen molar-refractivity contribution in [3.8, 4) is 5.75 Å². The van der Waals surface area contributed by atoms with Crippen molar-refractivity contribution in [3.63, 3.8) is 0 Å². The first-order valence-electron chi connectivity index (χ1n) is 6.03. The lowest BCUT2D eigenvalue weighted by Crippen LogP contribution is -2.18. The summed E-state index contributed by atoms with van der Waals surface area (Å²) in [6, 6.07) is 14.1. The topological polar surface area (TPSA) is 32.3 Å². The van der Waals surface area contributed by atoms with Crippen LogP contribution in [0.5, 0.6) is 5.75 Å². The Morgan fingerprint density at radius 3 is 2.63 bits per heavy atom. The summed E-state index contributed by atoms with van der Waals surface area (Å²) in [4.78, 5) is 0. The summed E-state index contributed by atoms with van der Waals surface area (Å²) in [6.45, 7) is 2.73. The van der Waals surface area contributed by atoms with E-state index in [4.69, 9.17) is 0 Å². The quantitative estimate of drug-likeness (QED) is 0.795. The van der Waals surface area contributed by atoms with Crippen molar-refractivity contribution in [3.05, 3.63) is 62.5 Å². The lowest BCUT2D eigenvalue weighted by Gasteiger charge is -2.15. The third kappa shape index (κ3) is 3.81. The SMILES string of the molecule is CC(NCc1cccc(Br)c1O)c1cccc(Br)c1. The molecule has 1 unspecified atom stereocenters. The second-order valence-electron chi connectivity index (χ2n) is 4.41. The highest BCUT2D eigenvalue weighted by Gasteiger charge is 2.08. The zero-order valence-corrected chi connectivity index (χ0v) is 13.7. The Hall–Kier alpha value is -0.840. The molecule has 0 amide bonds. The van der Waals surface area contributed by atoms with E-state index >= 15 is 0 Å². The summed E-state index contributed by atoms with van der Waals surface area (Å²) < 4.78 is 1.80. The number of halogens is 2. The van der Waals surface area contributed by atoms with E-state index in [0.717, 1.165) is 14.5 Å². The Kier molecular flexibility index (Phi) is 5.02. The zero-order chi connectivity index (χ0) is 13.8. The molecule has 0 saturated carbocycles. The van der Waals surface area contributed by atoms with Crippen molar-refractivity contribution in [1.82, 2.24) is 5.32 Å². The van der Waals surface area contributed by atoms with Crippen LogP contribution in [0.2, 0.25) is 0 Å². The maximum Gasteiger partial charge on any atom is 0.134 e. The molecule has 0 aromatic heterocycles. The van der Waals surface area contributed by atoms with Gasteiger partial charge in [0.2, 0.25) is 0 Å². The summed E-state index contributed by atoms with van der Waals surface area (Å²) in [7, 11) is 0. The van der Waals surface area contributed by atoms with E-state index in [1.165, 1.54) is 5.56 Å². The maximum absolute atomic E-state index is 9.93. The van der Waals surface area contributed by atoms with Crippen LogP contribution in [0.1, 0.15) is 24.1 Å². The van der Waals surface area contributed by atoms with Crippen molar-refractivity contribution in [1.29, 1.82) is 0 Å². The van der Waals surface area contributed by atoms with Crippen LogP contribution in [0.15, 0.2) is 51.4 Å². The van der Waals surface area contributed by atoms with E-state index < -0.39 is 0 Å². The highest BCUT2D eigenvalue weighted by Crippen LogP contribution is 2.28. The van der Waals surface area contributed by atoms with Gasteiger partial charge in [0.1, 0.15) is 5.75 Å². The summed E-state index contributed by atoms with van der Waals surface area (Å²) in [5.74, 6) is 0.302. The van der Waals surface area contributed by atoms with Gasteiger partial charge in [-0.15, -0.1) is 0 Å². The van der Waals surface area contributed by atoms with Crippen molar-refractivity contribution in [2.24, 2.45) is 0 Å². The minimum atomic E-state index is 0.218. The molecule has 4 heteroatoms. The van der Waals surface area contributed by atoms with E-state index in [9.17, 15) is 5.11 Å². The Morgan fingerprint density at radius 1 is 1.16 bits per heavy atom. The number of phenols is 1. The average Bonchev–Trinajstić information content (AvgIpc) is 2.40. The molecule has 100 valence electrons. The first kappa shape index (κ1) is 14.6. The fraction of sp³-hybridized carbons (Fsp3) is 0.200. The molecule has 1 atom stereocenters. The second kappa shape index (κ2) is 6.55. The van der Waals surface area contributed by atoms with E-state index in [1.54, 1.807) is 0 Å².